The molecule has 0 aliphatic heterocycles. The summed E-state index contributed by atoms with van der Waals surface area (Å²) in [6.45, 7) is 2.15. The molecule has 0 spiro atoms. The van der Waals surface area contributed by atoms with Gasteiger partial charge in [-0.3, -0.25) is 0 Å². The van der Waals surface area contributed by atoms with Crippen LogP contribution >= 0.6 is 11.3 Å². The van der Waals surface area contributed by atoms with E-state index in [1.807, 2.05) is 7.05 Å². The molecule has 1 unspecified atom stereocenters. The minimum absolute atomic E-state index is 0.306. The lowest BCUT2D eigenvalue weighted by molar-refractivity contribution is 0.648. The predicted molar refractivity (Wildman–Crippen MR) is 89.9 cm³/mol. The Bertz CT molecular complexity index is 809. The van der Waals surface area contributed by atoms with Crippen molar-refractivity contribution in [2.45, 2.75) is 25.8 Å². The molecule has 2 aromatic carbocycles. The van der Waals surface area contributed by atoms with Crippen molar-refractivity contribution < 1.29 is 0 Å². The molecule has 21 heavy (non-hydrogen) atoms. The molecule has 0 amide bonds. The van der Waals surface area contributed by atoms with Gasteiger partial charge in [0.2, 0.25) is 0 Å². The summed E-state index contributed by atoms with van der Waals surface area (Å²) in [4.78, 5) is 4.84. The van der Waals surface area contributed by atoms with Crippen molar-refractivity contribution in [2.24, 2.45) is 0 Å². The third-order valence-corrected chi connectivity index (χ3v) is 5.51. The highest BCUT2D eigenvalue weighted by Gasteiger charge is 2.18. The first-order valence-corrected chi connectivity index (χ1v) is 8.32. The van der Waals surface area contributed by atoms with Gasteiger partial charge < -0.3 is 5.32 Å². The van der Waals surface area contributed by atoms with Gasteiger partial charge in [-0.1, -0.05) is 30.3 Å². The second-order valence-electron chi connectivity index (χ2n) is 5.69. The summed E-state index contributed by atoms with van der Waals surface area (Å²) in [5.74, 6) is 0. The second kappa shape index (κ2) is 4.93. The van der Waals surface area contributed by atoms with Gasteiger partial charge in [0.25, 0.3) is 0 Å². The van der Waals surface area contributed by atoms with E-state index in [1.165, 1.54) is 40.3 Å². The molecule has 3 aromatic rings. The second-order valence-corrected chi connectivity index (χ2v) is 6.58. The summed E-state index contributed by atoms with van der Waals surface area (Å²) in [7, 11) is 1.98. The minimum atomic E-state index is 0.306. The molecule has 0 bridgehead atoms. The molecule has 3 heteroatoms. The first-order valence-electron chi connectivity index (χ1n) is 7.44. The fraction of sp³-hybridized carbons (Fsp3) is 0.278. The molecule has 0 fully saturated rings. The quantitative estimate of drug-likeness (QED) is 0.777. The van der Waals surface area contributed by atoms with Crippen molar-refractivity contribution >= 4 is 22.1 Å². The van der Waals surface area contributed by atoms with Crippen molar-refractivity contribution in [2.75, 3.05) is 7.05 Å². The van der Waals surface area contributed by atoms with Crippen LogP contribution in [0.1, 0.15) is 29.1 Å². The largest absolute Gasteiger partial charge is 0.311 e. The van der Waals surface area contributed by atoms with Crippen molar-refractivity contribution in [1.29, 1.82) is 0 Å². The molecule has 2 nitrogen and oxygen atoms in total. The maximum Gasteiger partial charge on any atom is 0.110 e. The zero-order chi connectivity index (χ0) is 14.4. The van der Waals surface area contributed by atoms with Crippen LogP contribution in [0.15, 0.2) is 35.7 Å². The maximum absolute atomic E-state index is 4.84. The summed E-state index contributed by atoms with van der Waals surface area (Å²) in [6, 6.07) is 11.5. The van der Waals surface area contributed by atoms with Gasteiger partial charge >= 0.3 is 0 Å². The molecule has 0 saturated heterocycles. The lowest BCUT2D eigenvalue weighted by Gasteiger charge is -2.08. The lowest BCUT2D eigenvalue weighted by atomic mass is 9.98. The predicted octanol–water partition coefficient (Wildman–Crippen LogP) is 4.34. The van der Waals surface area contributed by atoms with E-state index < -0.39 is 0 Å². The summed E-state index contributed by atoms with van der Waals surface area (Å²) < 4.78 is 0. The maximum atomic E-state index is 4.84. The van der Waals surface area contributed by atoms with E-state index >= 15 is 0 Å². The topological polar surface area (TPSA) is 24.9 Å². The number of benzene rings is 2. The molecule has 1 heterocycles. The first-order chi connectivity index (χ1) is 10.3. The van der Waals surface area contributed by atoms with Crippen LogP contribution in [-0.4, -0.2) is 12.0 Å². The fourth-order valence-corrected chi connectivity index (χ4v) is 4.09. The van der Waals surface area contributed by atoms with Gasteiger partial charge in [-0.05, 0) is 48.7 Å². The highest BCUT2D eigenvalue weighted by molar-refractivity contribution is 7.10. The average Bonchev–Trinajstić information content (AvgIpc) is 3.16. The number of nitrogens with one attached hydrogen (secondary N) is 1. The van der Waals surface area contributed by atoms with Gasteiger partial charge in [0, 0.05) is 10.9 Å². The molecular formula is C18H18N2S. The molecule has 1 aliphatic rings. The smallest absolute Gasteiger partial charge is 0.110 e. The van der Waals surface area contributed by atoms with Crippen LogP contribution in [0.3, 0.4) is 0 Å². The Labute approximate surface area is 128 Å². The highest BCUT2D eigenvalue weighted by atomic mass is 32.1. The molecule has 1 aromatic heterocycles. The fourth-order valence-electron chi connectivity index (χ4n) is 3.20. The molecule has 0 saturated carbocycles. The van der Waals surface area contributed by atoms with Crippen molar-refractivity contribution in [1.82, 2.24) is 10.3 Å². The average molecular weight is 294 g/mol. The van der Waals surface area contributed by atoms with Crippen molar-refractivity contribution in [3.63, 3.8) is 0 Å². The Morgan fingerprint density at radius 1 is 1.14 bits per heavy atom. The number of rotatable bonds is 3. The zero-order valence-corrected chi connectivity index (χ0v) is 13.1. The molecule has 0 radical (unpaired) electrons. The number of hydrogen-bond donors (Lipinski definition) is 1. The normalized spacial score (nSPS) is 14.8. The van der Waals surface area contributed by atoms with Gasteiger partial charge in [0.15, 0.2) is 0 Å². The van der Waals surface area contributed by atoms with Gasteiger partial charge in [-0.15, -0.1) is 11.3 Å². The molecular weight excluding hydrogens is 276 g/mol. The Morgan fingerprint density at radius 2 is 1.95 bits per heavy atom. The molecule has 1 aliphatic carbocycles. The van der Waals surface area contributed by atoms with Gasteiger partial charge in [0.1, 0.15) is 5.01 Å². The van der Waals surface area contributed by atoms with Crippen molar-refractivity contribution in [3.8, 4) is 11.3 Å². The number of nitrogens with zero attached hydrogens (tertiary/aromatic N) is 1. The minimum Gasteiger partial charge on any atom is -0.311 e. The van der Waals surface area contributed by atoms with Crippen LogP contribution in [0.4, 0.5) is 0 Å². The summed E-state index contributed by atoms with van der Waals surface area (Å²) in [5.41, 5.74) is 5.35. The van der Waals surface area contributed by atoms with E-state index in [0.717, 1.165) is 10.7 Å². The Balaban J connectivity index is 1.90. The van der Waals surface area contributed by atoms with Crippen LogP contribution in [0.25, 0.3) is 22.0 Å². The van der Waals surface area contributed by atoms with Crippen LogP contribution in [0.2, 0.25) is 0 Å². The Morgan fingerprint density at radius 3 is 2.76 bits per heavy atom. The number of aromatic nitrogens is 1. The third kappa shape index (κ3) is 2.00. The summed E-state index contributed by atoms with van der Waals surface area (Å²) in [5, 5.41) is 9.41. The van der Waals surface area contributed by atoms with Gasteiger partial charge in [-0.2, -0.15) is 0 Å². The number of aryl methyl sites for hydroxylation is 2. The monoisotopic (exact) mass is 294 g/mol. The van der Waals surface area contributed by atoms with E-state index in [4.69, 9.17) is 4.98 Å². The van der Waals surface area contributed by atoms with E-state index in [9.17, 15) is 0 Å². The van der Waals surface area contributed by atoms with Crippen LogP contribution in [0.5, 0.6) is 0 Å². The summed E-state index contributed by atoms with van der Waals surface area (Å²) in [6.07, 6.45) is 2.35. The Hall–Kier alpha value is -1.71. The van der Waals surface area contributed by atoms with Crippen LogP contribution in [-0.2, 0) is 12.8 Å². The standard InChI is InChI=1S/C18H18N2S/c1-11(19-2)18-20-16(10-21-18)14-9-8-13-7-6-12-4-3-5-15(14)17(12)13/h3-5,8-11,19H,6-7H2,1-2H3. The van der Waals surface area contributed by atoms with E-state index in [1.54, 1.807) is 11.3 Å². The lowest BCUT2D eigenvalue weighted by Crippen LogP contribution is -2.11. The van der Waals surface area contributed by atoms with E-state index in [0.29, 0.717) is 6.04 Å². The highest BCUT2D eigenvalue weighted by Crippen LogP contribution is 2.37. The SMILES string of the molecule is CNC(C)c1nc(-c2ccc3c4c(cccc24)CC3)cs1. The number of thiazole rings is 1. The first kappa shape index (κ1) is 13.0. The van der Waals surface area contributed by atoms with Crippen molar-refractivity contribution in [3.05, 3.63) is 51.8 Å². The molecule has 106 valence electrons. The van der Waals surface area contributed by atoms with Crippen LogP contribution < -0.4 is 5.32 Å². The zero-order valence-electron chi connectivity index (χ0n) is 12.3. The molecule has 1 N–H and O–H groups in total. The third-order valence-electron chi connectivity index (χ3n) is 4.48. The van der Waals surface area contributed by atoms with E-state index in [-0.39, 0.29) is 0 Å². The number of hydrogen-bond acceptors (Lipinski definition) is 3. The molecule has 4 rings (SSSR count). The van der Waals surface area contributed by atoms with Crippen LogP contribution in [0, 0.1) is 0 Å². The van der Waals surface area contributed by atoms with Gasteiger partial charge in [-0.25, -0.2) is 4.98 Å². The Kier molecular flexibility index (Phi) is 3.05. The van der Waals surface area contributed by atoms with E-state index in [2.05, 4.69) is 48.0 Å². The summed E-state index contributed by atoms with van der Waals surface area (Å²) >= 11 is 1.74. The molecule has 1 atom stereocenters. The van der Waals surface area contributed by atoms with Gasteiger partial charge in [0.05, 0.1) is 11.7 Å².